The minimum atomic E-state index is -0.588. The first kappa shape index (κ1) is 16.7. The first-order chi connectivity index (χ1) is 9.99. The maximum absolute atomic E-state index is 12.1. The predicted molar refractivity (Wildman–Crippen MR) is 84.1 cm³/mol. The van der Waals surface area contributed by atoms with E-state index in [9.17, 15) is 4.79 Å². The number of nitrogens with two attached hydrogens (primary N) is 1. The fourth-order valence-electron chi connectivity index (χ4n) is 3.54. The molecule has 1 saturated carbocycles. The zero-order chi connectivity index (χ0) is 15.3. The molecule has 5 nitrogen and oxygen atoms in total. The van der Waals surface area contributed by atoms with Gasteiger partial charge in [0, 0.05) is 19.6 Å². The molecule has 122 valence electrons. The van der Waals surface area contributed by atoms with Gasteiger partial charge in [-0.3, -0.25) is 9.69 Å². The average Bonchev–Trinajstić information content (AvgIpc) is 2.85. The number of carbonyl (C=O) groups excluding carboxylic acids is 1. The SMILES string of the molecule is CC1CN(CCCCNC(=O)C2(N)CCCC2)CC(C)O1. The lowest BCUT2D eigenvalue weighted by molar-refractivity contribution is -0.126. The second kappa shape index (κ2) is 7.56. The van der Waals surface area contributed by atoms with Crippen molar-refractivity contribution in [2.75, 3.05) is 26.2 Å². The van der Waals surface area contributed by atoms with Crippen molar-refractivity contribution in [2.24, 2.45) is 5.73 Å². The summed E-state index contributed by atoms with van der Waals surface area (Å²) in [5, 5.41) is 3.01. The minimum absolute atomic E-state index is 0.0496. The van der Waals surface area contributed by atoms with Crippen molar-refractivity contribution in [3.8, 4) is 0 Å². The molecule has 0 aromatic rings. The normalized spacial score (nSPS) is 29.5. The second-order valence-electron chi connectivity index (χ2n) is 6.84. The molecule has 2 fully saturated rings. The fourth-order valence-corrected chi connectivity index (χ4v) is 3.54. The second-order valence-corrected chi connectivity index (χ2v) is 6.84. The van der Waals surface area contributed by atoms with Gasteiger partial charge in [0.2, 0.25) is 5.91 Å². The summed E-state index contributed by atoms with van der Waals surface area (Å²) in [5.41, 5.74) is 5.54. The number of nitrogens with zero attached hydrogens (tertiary/aromatic N) is 1. The number of morpholine rings is 1. The maximum atomic E-state index is 12.1. The first-order valence-corrected chi connectivity index (χ1v) is 8.44. The number of carbonyl (C=O) groups is 1. The van der Waals surface area contributed by atoms with Crippen LogP contribution in [0, 0.1) is 0 Å². The van der Waals surface area contributed by atoms with Gasteiger partial charge >= 0.3 is 0 Å². The van der Waals surface area contributed by atoms with Crippen molar-refractivity contribution in [1.82, 2.24) is 10.2 Å². The van der Waals surface area contributed by atoms with Crippen LogP contribution >= 0.6 is 0 Å². The molecule has 0 spiro atoms. The van der Waals surface area contributed by atoms with Gasteiger partial charge in [0.1, 0.15) is 0 Å². The molecule has 0 radical (unpaired) electrons. The molecule has 2 unspecified atom stereocenters. The molecule has 2 atom stereocenters. The highest BCUT2D eigenvalue weighted by molar-refractivity contribution is 5.86. The van der Waals surface area contributed by atoms with Gasteiger partial charge in [-0.05, 0) is 46.1 Å². The quantitative estimate of drug-likeness (QED) is 0.724. The van der Waals surface area contributed by atoms with Crippen LogP contribution < -0.4 is 11.1 Å². The summed E-state index contributed by atoms with van der Waals surface area (Å²) >= 11 is 0. The number of nitrogens with one attached hydrogen (secondary N) is 1. The van der Waals surface area contributed by atoms with Gasteiger partial charge in [-0.1, -0.05) is 12.8 Å². The van der Waals surface area contributed by atoms with Crippen LogP contribution in [-0.4, -0.2) is 54.7 Å². The van der Waals surface area contributed by atoms with Gasteiger partial charge in [-0.15, -0.1) is 0 Å². The lowest BCUT2D eigenvalue weighted by Crippen LogP contribution is -2.52. The van der Waals surface area contributed by atoms with E-state index in [2.05, 4.69) is 24.1 Å². The predicted octanol–water partition coefficient (Wildman–Crippen LogP) is 1.26. The van der Waals surface area contributed by atoms with Gasteiger partial charge in [0.05, 0.1) is 17.7 Å². The standard InChI is InChI=1S/C16H31N3O2/c1-13-11-19(12-14(2)21-13)10-6-5-9-18-15(20)16(17)7-3-4-8-16/h13-14H,3-12,17H2,1-2H3,(H,18,20). The smallest absolute Gasteiger partial charge is 0.240 e. The van der Waals surface area contributed by atoms with E-state index in [0.29, 0.717) is 12.2 Å². The molecule has 1 heterocycles. The maximum Gasteiger partial charge on any atom is 0.240 e. The number of ether oxygens (including phenoxy) is 1. The van der Waals surface area contributed by atoms with Crippen LogP contribution in [0.25, 0.3) is 0 Å². The van der Waals surface area contributed by atoms with Crippen LogP contribution in [0.5, 0.6) is 0 Å². The summed E-state index contributed by atoms with van der Waals surface area (Å²) in [7, 11) is 0. The Kier molecular flexibility index (Phi) is 6.02. The van der Waals surface area contributed by atoms with Crippen LogP contribution in [-0.2, 0) is 9.53 Å². The molecule has 0 aromatic heterocycles. The van der Waals surface area contributed by atoms with E-state index in [-0.39, 0.29) is 5.91 Å². The molecular formula is C16H31N3O2. The molecule has 2 aliphatic rings. The van der Waals surface area contributed by atoms with E-state index < -0.39 is 5.54 Å². The first-order valence-electron chi connectivity index (χ1n) is 8.44. The van der Waals surface area contributed by atoms with Crippen LogP contribution in [0.15, 0.2) is 0 Å². The van der Waals surface area contributed by atoms with E-state index >= 15 is 0 Å². The Morgan fingerprint density at radius 1 is 1.24 bits per heavy atom. The molecule has 1 saturated heterocycles. The summed E-state index contributed by atoms with van der Waals surface area (Å²) in [6, 6.07) is 0. The Labute approximate surface area is 128 Å². The van der Waals surface area contributed by atoms with E-state index in [0.717, 1.165) is 64.7 Å². The highest BCUT2D eigenvalue weighted by Gasteiger charge is 2.36. The summed E-state index contributed by atoms with van der Waals surface area (Å²) < 4.78 is 5.73. The van der Waals surface area contributed by atoms with Gasteiger partial charge in [-0.2, -0.15) is 0 Å². The third kappa shape index (κ3) is 4.94. The number of hydrogen-bond donors (Lipinski definition) is 2. The van der Waals surface area contributed by atoms with Gasteiger partial charge < -0.3 is 15.8 Å². The van der Waals surface area contributed by atoms with E-state index in [1.54, 1.807) is 0 Å². The zero-order valence-corrected chi connectivity index (χ0v) is 13.6. The Morgan fingerprint density at radius 3 is 2.48 bits per heavy atom. The fraction of sp³-hybridized carbons (Fsp3) is 0.938. The highest BCUT2D eigenvalue weighted by Crippen LogP contribution is 2.27. The molecule has 1 amide bonds. The van der Waals surface area contributed by atoms with Crippen molar-refractivity contribution < 1.29 is 9.53 Å². The van der Waals surface area contributed by atoms with Crippen molar-refractivity contribution >= 4 is 5.91 Å². The molecule has 21 heavy (non-hydrogen) atoms. The Hall–Kier alpha value is -0.650. The van der Waals surface area contributed by atoms with Gasteiger partial charge in [-0.25, -0.2) is 0 Å². The largest absolute Gasteiger partial charge is 0.373 e. The van der Waals surface area contributed by atoms with Gasteiger partial charge in [0.15, 0.2) is 0 Å². The number of hydrogen-bond acceptors (Lipinski definition) is 4. The average molecular weight is 297 g/mol. The van der Waals surface area contributed by atoms with Crippen molar-refractivity contribution in [2.45, 2.75) is 70.1 Å². The molecular weight excluding hydrogens is 266 g/mol. The molecule has 0 bridgehead atoms. The Bertz CT molecular complexity index is 332. The van der Waals surface area contributed by atoms with Crippen LogP contribution in [0.3, 0.4) is 0 Å². The summed E-state index contributed by atoms with van der Waals surface area (Å²) in [6.07, 6.45) is 6.61. The molecule has 5 heteroatoms. The van der Waals surface area contributed by atoms with Crippen LogP contribution in [0.2, 0.25) is 0 Å². The lowest BCUT2D eigenvalue weighted by atomic mass is 9.98. The minimum Gasteiger partial charge on any atom is -0.373 e. The van der Waals surface area contributed by atoms with Crippen molar-refractivity contribution in [3.63, 3.8) is 0 Å². The topological polar surface area (TPSA) is 67.6 Å². The summed E-state index contributed by atoms with van der Waals surface area (Å²) in [4.78, 5) is 14.5. The highest BCUT2D eigenvalue weighted by atomic mass is 16.5. The third-order valence-electron chi connectivity index (χ3n) is 4.63. The zero-order valence-electron chi connectivity index (χ0n) is 13.6. The molecule has 2 rings (SSSR count). The van der Waals surface area contributed by atoms with Gasteiger partial charge in [0.25, 0.3) is 0 Å². The van der Waals surface area contributed by atoms with Crippen LogP contribution in [0.4, 0.5) is 0 Å². The summed E-state index contributed by atoms with van der Waals surface area (Å²) in [5.74, 6) is 0.0496. The van der Waals surface area contributed by atoms with Crippen molar-refractivity contribution in [3.05, 3.63) is 0 Å². The van der Waals surface area contributed by atoms with E-state index in [1.165, 1.54) is 0 Å². The lowest BCUT2D eigenvalue weighted by Gasteiger charge is -2.35. The molecule has 3 N–H and O–H groups in total. The Balaban J connectivity index is 1.56. The van der Waals surface area contributed by atoms with E-state index in [1.807, 2.05) is 0 Å². The monoisotopic (exact) mass is 297 g/mol. The molecule has 1 aliphatic heterocycles. The Morgan fingerprint density at radius 2 is 1.86 bits per heavy atom. The molecule has 1 aliphatic carbocycles. The van der Waals surface area contributed by atoms with Crippen LogP contribution in [0.1, 0.15) is 52.4 Å². The number of rotatable bonds is 6. The van der Waals surface area contributed by atoms with Crippen molar-refractivity contribution in [1.29, 1.82) is 0 Å². The number of amides is 1. The van der Waals surface area contributed by atoms with E-state index in [4.69, 9.17) is 10.5 Å². The number of unbranched alkanes of at least 4 members (excludes halogenated alkanes) is 1. The third-order valence-corrected chi connectivity index (χ3v) is 4.63. The molecule has 0 aromatic carbocycles. The summed E-state index contributed by atoms with van der Waals surface area (Å²) in [6.45, 7) is 8.12.